The number of rotatable bonds is 5. The highest BCUT2D eigenvalue weighted by Gasteiger charge is 2.25. The molecule has 4 nitrogen and oxygen atoms in total. The van der Waals surface area contributed by atoms with Crippen LogP contribution in [-0.2, 0) is 15.8 Å². The molecule has 2 unspecified atom stereocenters. The van der Waals surface area contributed by atoms with Crippen molar-refractivity contribution in [2.75, 3.05) is 6.54 Å². The maximum absolute atomic E-state index is 12.1. The molecule has 0 aromatic heterocycles. The third-order valence-electron chi connectivity index (χ3n) is 4.09. The molecule has 1 N–H and O–H groups in total. The lowest BCUT2D eigenvalue weighted by Gasteiger charge is -2.16. The van der Waals surface area contributed by atoms with Gasteiger partial charge in [0.05, 0.1) is 17.4 Å². The number of hydrogen-bond acceptors (Lipinski definition) is 3. The van der Waals surface area contributed by atoms with E-state index in [4.69, 9.17) is 5.26 Å². The quantitative estimate of drug-likeness (QED) is 0.906. The summed E-state index contributed by atoms with van der Waals surface area (Å²) in [5.74, 6) is 0.901. The molecule has 1 aromatic carbocycles. The number of nitriles is 1. The van der Waals surface area contributed by atoms with Gasteiger partial charge in [0.15, 0.2) is 0 Å². The molecule has 1 aliphatic rings. The summed E-state index contributed by atoms with van der Waals surface area (Å²) in [4.78, 5) is 0. The van der Waals surface area contributed by atoms with Gasteiger partial charge in [-0.25, -0.2) is 13.1 Å². The van der Waals surface area contributed by atoms with Gasteiger partial charge in [0.1, 0.15) is 0 Å². The molecule has 20 heavy (non-hydrogen) atoms. The van der Waals surface area contributed by atoms with Crippen molar-refractivity contribution in [3.63, 3.8) is 0 Å². The van der Waals surface area contributed by atoms with E-state index < -0.39 is 10.0 Å². The van der Waals surface area contributed by atoms with Gasteiger partial charge in [0, 0.05) is 6.54 Å². The zero-order chi connectivity index (χ0) is 14.6. The van der Waals surface area contributed by atoms with Crippen LogP contribution in [0.3, 0.4) is 0 Å². The Morgan fingerprint density at radius 3 is 2.75 bits per heavy atom. The van der Waals surface area contributed by atoms with E-state index in [-0.39, 0.29) is 5.75 Å². The third kappa shape index (κ3) is 3.81. The largest absolute Gasteiger partial charge is 0.215 e. The number of nitrogens with zero attached hydrogens (tertiary/aromatic N) is 1. The molecule has 0 saturated heterocycles. The molecule has 1 aromatic rings. The van der Waals surface area contributed by atoms with Gasteiger partial charge in [-0.1, -0.05) is 38.0 Å². The molecule has 2 atom stereocenters. The van der Waals surface area contributed by atoms with E-state index in [1.807, 2.05) is 6.07 Å². The molecule has 108 valence electrons. The fourth-order valence-corrected chi connectivity index (χ4v) is 4.00. The smallest absolute Gasteiger partial charge is 0.215 e. The van der Waals surface area contributed by atoms with Gasteiger partial charge in [0.2, 0.25) is 10.0 Å². The molecule has 0 amide bonds. The zero-order valence-electron chi connectivity index (χ0n) is 11.7. The van der Waals surface area contributed by atoms with Crippen molar-refractivity contribution >= 4 is 10.0 Å². The minimum absolute atomic E-state index is 0.127. The highest BCUT2D eigenvalue weighted by Crippen LogP contribution is 2.30. The maximum Gasteiger partial charge on any atom is 0.215 e. The first-order valence-electron chi connectivity index (χ1n) is 6.97. The molecule has 0 heterocycles. The molecule has 1 saturated carbocycles. The highest BCUT2D eigenvalue weighted by molar-refractivity contribution is 7.88. The predicted octanol–water partition coefficient (Wildman–Crippen LogP) is 2.41. The van der Waals surface area contributed by atoms with Crippen LogP contribution < -0.4 is 4.72 Å². The van der Waals surface area contributed by atoms with Crippen LogP contribution in [0.15, 0.2) is 24.3 Å². The monoisotopic (exact) mass is 292 g/mol. The van der Waals surface area contributed by atoms with Crippen LogP contribution in [0.25, 0.3) is 0 Å². The van der Waals surface area contributed by atoms with Crippen LogP contribution in [0.2, 0.25) is 0 Å². The summed E-state index contributed by atoms with van der Waals surface area (Å²) in [6.07, 6.45) is 3.47. The summed E-state index contributed by atoms with van der Waals surface area (Å²) in [6, 6.07) is 8.86. The first kappa shape index (κ1) is 15.0. The molecule has 2 rings (SSSR count). The van der Waals surface area contributed by atoms with Crippen LogP contribution >= 0.6 is 0 Å². The Morgan fingerprint density at radius 1 is 1.35 bits per heavy atom. The second kappa shape index (κ2) is 6.38. The molecule has 0 spiro atoms. The number of nitrogens with one attached hydrogen (secondary N) is 1. The lowest BCUT2D eigenvalue weighted by Crippen LogP contribution is -2.31. The maximum atomic E-state index is 12.1. The van der Waals surface area contributed by atoms with Crippen molar-refractivity contribution in [2.45, 2.75) is 31.9 Å². The van der Waals surface area contributed by atoms with Crippen molar-refractivity contribution in [2.24, 2.45) is 11.8 Å². The van der Waals surface area contributed by atoms with Gasteiger partial charge in [0.25, 0.3) is 0 Å². The van der Waals surface area contributed by atoms with Crippen molar-refractivity contribution in [1.29, 1.82) is 5.26 Å². The lowest BCUT2D eigenvalue weighted by atomic mass is 9.99. The van der Waals surface area contributed by atoms with Gasteiger partial charge < -0.3 is 0 Å². The average molecular weight is 292 g/mol. The van der Waals surface area contributed by atoms with Gasteiger partial charge in [-0.05, 0) is 29.9 Å². The molecular formula is C15H20N2O2S. The van der Waals surface area contributed by atoms with Crippen LogP contribution in [0.1, 0.15) is 37.3 Å². The van der Waals surface area contributed by atoms with Crippen molar-refractivity contribution in [3.05, 3.63) is 35.4 Å². The molecule has 0 aliphatic heterocycles. The minimum atomic E-state index is -3.38. The first-order chi connectivity index (χ1) is 9.52. The van der Waals surface area contributed by atoms with Crippen LogP contribution in [-0.4, -0.2) is 15.0 Å². The highest BCUT2D eigenvalue weighted by atomic mass is 32.2. The Kier molecular flexibility index (Phi) is 4.79. The minimum Gasteiger partial charge on any atom is -0.215 e. The van der Waals surface area contributed by atoms with E-state index >= 15 is 0 Å². The van der Waals surface area contributed by atoms with Gasteiger partial charge >= 0.3 is 0 Å². The molecule has 0 bridgehead atoms. The van der Waals surface area contributed by atoms with E-state index in [9.17, 15) is 8.42 Å². The first-order valence-corrected chi connectivity index (χ1v) is 8.62. The molecule has 1 aliphatic carbocycles. The average Bonchev–Trinajstić information content (AvgIpc) is 2.82. The fraction of sp³-hybridized carbons (Fsp3) is 0.533. The third-order valence-corrected chi connectivity index (χ3v) is 5.39. The van der Waals surface area contributed by atoms with Crippen LogP contribution in [0, 0.1) is 23.2 Å². The Hall–Kier alpha value is -1.38. The Bertz CT molecular complexity index is 605. The fourth-order valence-electron chi connectivity index (χ4n) is 2.77. The molecular weight excluding hydrogens is 272 g/mol. The van der Waals surface area contributed by atoms with E-state index in [0.29, 0.717) is 29.5 Å². The van der Waals surface area contributed by atoms with Crippen molar-refractivity contribution < 1.29 is 8.42 Å². The Balaban J connectivity index is 1.99. The van der Waals surface area contributed by atoms with Gasteiger partial charge in [-0.2, -0.15) is 5.26 Å². The van der Waals surface area contributed by atoms with Gasteiger partial charge in [-0.15, -0.1) is 0 Å². The Labute approximate surface area is 120 Å². The van der Waals surface area contributed by atoms with E-state index in [0.717, 1.165) is 6.42 Å². The van der Waals surface area contributed by atoms with Crippen molar-refractivity contribution in [1.82, 2.24) is 4.72 Å². The van der Waals surface area contributed by atoms with E-state index in [2.05, 4.69) is 11.6 Å². The summed E-state index contributed by atoms with van der Waals surface area (Å²) >= 11 is 0. The van der Waals surface area contributed by atoms with Crippen LogP contribution in [0.5, 0.6) is 0 Å². The van der Waals surface area contributed by atoms with E-state index in [1.54, 1.807) is 24.3 Å². The standard InChI is InChI=1S/C15H20N2O2S/c1-12-5-4-8-14(12)10-17-20(18,19)11-15-7-3-2-6-13(15)9-16/h2-3,6-7,12,14,17H,4-5,8,10-11H2,1H3. The Morgan fingerprint density at radius 2 is 2.10 bits per heavy atom. The number of hydrogen-bond donors (Lipinski definition) is 1. The normalized spacial score (nSPS) is 22.6. The molecule has 1 fully saturated rings. The zero-order valence-corrected chi connectivity index (χ0v) is 12.5. The summed E-state index contributed by atoms with van der Waals surface area (Å²) < 4.78 is 26.9. The second-order valence-corrected chi connectivity index (χ2v) is 7.35. The number of sulfonamides is 1. The van der Waals surface area contributed by atoms with Crippen molar-refractivity contribution in [3.8, 4) is 6.07 Å². The second-order valence-electron chi connectivity index (χ2n) is 5.54. The summed E-state index contributed by atoms with van der Waals surface area (Å²) in [6.45, 7) is 2.69. The summed E-state index contributed by atoms with van der Waals surface area (Å²) in [5, 5.41) is 8.99. The number of benzene rings is 1. The molecule has 0 radical (unpaired) electrons. The summed E-state index contributed by atoms with van der Waals surface area (Å²) in [7, 11) is -3.38. The predicted molar refractivity (Wildman–Crippen MR) is 78.3 cm³/mol. The van der Waals surface area contributed by atoms with Crippen LogP contribution in [0.4, 0.5) is 0 Å². The van der Waals surface area contributed by atoms with Gasteiger partial charge in [-0.3, -0.25) is 0 Å². The SMILES string of the molecule is CC1CCCC1CNS(=O)(=O)Cc1ccccc1C#N. The molecule has 5 heteroatoms. The van der Waals surface area contributed by atoms with E-state index in [1.165, 1.54) is 12.8 Å². The summed E-state index contributed by atoms with van der Waals surface area (Å²) in [5.41, 5.74) is 0.981. The lowest BCUT2D eigenvalue weighted by molar-refractivity contribution is 0.414. The topological polar surface area (TPSA) is 70.0 Å².